The molecule has 1 amide bonds. The number of hydrogen-bond donors (Lipinski definition) is 0. The van der Waals surface area contributed by atoms with Crippen LogP contribution in [0.2, 0.25) is 0 Å². The Morgan fingerprint density at radius 1 is 1.15 bits per heavy atom. The van der Waals surface area contributed by atoms with Crippen molar-refractivity contribution in [3.8, 4) is 11.4 Å². The predicted octanol–water partition coefficient (Wildman–Crippen LogP) is 4.65. The highest BCUT2D eigenvalue weighted by Gasteiger charge is 2.28. The molecule has 1 unspecified atom stereocenters. The van der Waals surface area contributed by atoms with Crippen molar-refractivity contribution < 1.29 is 13.9 Å². The number of rotatable bonds is 5. The molecule has 1 fully saturated rings. The summed E-state index contributed by atoms with van der Waals surface area (Å²) < 4.78 is 23.5. The quantitative estimate of drug-likeness (QED) is 0.354. The van der Waals surface area contributed by atoms with Gasteiger partial charge in [0.1, 0.15) is 28.6 Å². The Kier molecular flexibility index (Phi) is 8.24. The maximum Gasteiger partial charge on any atom is 0.410 e. The van der Waals surface area contributed by atoms with E-state index in [0.717, 1.165) is 24.1 Å². The van der Waals surface area contributed by atoms with E-state index >= 15 is 0 Å². The van der Waals surface area contributed by atoms with E-state index < -0.39 is 11.4 Å². The Balaban J connectivity index is 0.00000353. The molecular formula is C27H35FN8O2S. The Morgan fingerprint density at radius 3 is 2.69 bits per heavy atom. The van der Waals surface area contributed by atoms with E-state index in [0.29, 0.717) is 54.6 Å². The first kappa shape index (κ1) is 28.5. The molecule has 0 N–H and O–H groups in total. The van der Waals surface area contributed by atoms with Gasteiger partial charge in [-0.1, -0.05) is 0 Å². The number of pyridine rings is 1. The van der Waals surface area contributed by atoms with E-state index in [9.17, 15) is 9.18 Å². The summed E-state index contributed by atoms with van der Waals surface area (Å²) >= 11 is 0. The van der Waals surface area contributed by atoms with Crippen molar-refractivity contribution in [3.05, 3.63) is 53.8 Å². The topological polar surface area (TPSA) is 104 Å². The third kappa shape index (κ3) is 6.55. The fourth-order valence-electron chi connectivity index (χ4n) is 4.92. The average molecular weight is 555 g/mol. The molecule has 4 aromatic rings. The minimum atomic E-state index is -0.513. The van der Waals surface area contributed by atoms with Crippen LogP contribution in [-0.4, -0.2) is 64.0 Å². The van der Waals surface area contributed by atoms with Crippen molar-refractivity contribution in [2.24, 2.45) is 5.92 Å². The van der Waals surface area contributed by atoms with E-state index in [1.54, 1.807) is 11.1 Å². The van der Waals surface area contributed by atoms with Crippen molar-refractivity contribution in [2.45, 2.75) is 66.2 Å². The molecule has 5 heterocycles. The number of halogens is 1. The van der Waals surface area contributed by atoms with E-state index in [1.165, 1.54) is 12.3 Å². The smallest absolute Gasteiger partial charge is 0.410 e. The van der Waals surface area contributed by atoms with Crippen molar-refractivity contribution in [3.63, 3.8) is 0 Å². The fourth-order valence-corrected chi connectivity index (χ4v) is 4.92. The fraction of sp³-hybridized carbons (Fsp3) is 0.481. The number of imidazole rings is 1. The molecule has 1 saturated heterocycles. The largest absolute Gasteiger partial charge is 0.444 e. The second-order valence-corrected chi connectivity index (χ2v) is 10.9. The van der Waals surface area contributed by atoms with Crippen LogP contribution in [0.1, 0.15) is 50.7 Å². The van der Waals surface area contributed by atoms with Crippen molar-refractivity contribution >= 4 is 30.8 Å². The average Bonchev–Trinajstić information content (AvgIpc) is 3.43. The zero-order valence-electron chi connectivity index (χ0n) is 23.0. The summed E-state index contributed by atoms with van der Waals surface area (Å²) in [5, 5.41) is 4.59. The summed E-state index contributed by atoms with van der Waals surface area (Å²) in [7, 11) is 0. The highest BCUT2D eigenvalue weighted by molar-refractivity contribution is 7.59. The number of aromatic nitrogens is 7. The molecule has 0 radical (unpaired) electrons. The normalized spacial score (nSPS) is 15.8. The van der Waals surface area contributed by atoms with Gasteiger partial charge in [0, 0.05) is 43.2 Å². The number of hydrogen-bond acceptors (Lipinski definition) is 7. The van der Waals surface area contributed by atoms with Crippen LogP contribution in [-0.2, 0) is 17.8 Å². The summed E-state index contributed by atoms with van der Waals surface area (Å²) in [6.45, 7) is 11.9. The van der Waals surface area contributed by atoms with Crippen LogP contribution in [0.3, 0.4) is 0 Å². The molecule has 0 spiro atoms. The number of piperidine rings is 1. The first-order valence-electron chi connectivity index (χ1n) is 12.9. The Hall–Kier alpha value is -3.54. The molecule has 0 saturated carbocycles. The second kappa shape index (κ2) is 11.3. The minimum absolute atomic E-state index is 0. The lowest BCUT2D eigenvalue weighted by Gasteiger charge is -2.34. The van der Waals surface area contributed by atoms with Gasteiger partial charge in [0.25, 0.3) is 0 Å². The van der Waals surface area contributed by atoms with Crippen LogP contribution in [0.4, 0.5) is 9.18 Å². The highest BCUT2D eigenvalue weighted by atomic mass is 32.1. The van der Waals surface area contributed by atoms with Crippen LogP contribution < -0.4 is 0 Å². The molecule has 4 aromatic heterocycles. The van der Waals surface area contributed by atoms with E-state index in [2.05, 4.69) is 20.1 Å². The van der Waals surface area contributed by atoms with E-state index in [-0.39, 0.29) is 25.5 Å². The SMILES string of the molecule is Cc1nc(C)c2nc(-c3cncc(F)c3)n(Cc3cnn(CC4CCCN(C(=O)OC(C)(C)C)C4)c3)c2n1.S. The van der Waals surface area contributed by atoms with Gasteiger partial charge in [-0.2, -0.15) is 18.6 Å². The number of carbonyl (C=O) groups is 1. The summed E-state index contributed by atoms with van der Waals surface area (Å²) in [5.41, 5.74) is 3.13. The Bertz CT molecular complexity index is 1480. The molecule has 208 valence electrons. The standard InChI is InChI=1S/C27H33FN8O2.H2S/c1-17-23-25(32-18(2)31-17)36(24(33-23)21-9-22(28)12-29-11-21)16-20-10-30-35(15-20)14-19-7-6-8-34(13-19)26(37)38-27(3,4)5;/h9-12,15,19H,6-8,13-14,16H2,1-5H3;1H2. The van der Waals surface area contributed by atoms with Crippen LogP contribution in [0.25, 0.3) is 22.6 Å². The lowest BCUT2D eigenvalue weighted by atomic mass is 9.98. The maximum atomic E-state index is 14.0. The summed E-state index contributed by atoms with van der Waals surface area (Å²) in [4.78, 5) is 32.2. The Labute approximate surface area is 234 Å². The number of carbonyl (C=O) groups excluding carboxylic acids is 1. The first-order valence-corrected chi connectivity index (χ1v) is 12.9. The molecule has 1 atom stereocenters. The molecule has 39 heavy (non-hydrogen) atoms. The molecule has 0 bridgehead atoms. The summed E-state index contributed by atoms with van der Waals surface area (Å²) in [6.07, 6.45) is 8.29. The zero-order chi connectivity index (χ0) is 27.0. The van der Waals surface area contributed by atoms with Gasteiger partial charge in [0.2, 0.25) is 0 Å². The van der Waals surface area contributed by atoms with Gasteiger partial charge in [-0.3, -0.25) is 9.67 Å². The molecule has 5 rings (SSSR count). The number of amides is 1. The van der Waals surface area contributed by atoms with Gasteiger partial charge >= 0.3 is 6.09 Å². The minimum Gasteiger partial charge on any atom is -0.444 e. The van der Waals surface area contributed by atoms with E-state index in [4.69, 9.17) is 9.72 Å². The molecule has 12 heteroatoms. The third-order valence-corrected chi connectivity index (χ3v) is 6.49. The number of aryl methyl sites for hydroxylation is 2. The van der Waals surface area contributed by atoms with Crippen LogP contribution in [0.5, 0.6) is 0 Å². The molecule has 10 nitrogen and oxygen atoms in total. The molecular weight excluding hydrogens is 519 g/mol. The van der Waals surface area contributed by atoms with E-state index in [1.807, 2.05) is 56.3 Å². The van der Waals surface area contributed by atoms with Crippen LogP contribution >= 0.6 is 13.5 Å². The molecule has 1 aliphatic heterocycles. The third-order valence-electron chi connectivity index (χ3n) is 6.49. The van der Waals surface area contributed by atoms with Gasteiger partial charge in [-0.05, 0) is 59.4 Å². The van der Waals surface area contributed by atoms with Gasteiger partial charge in [0.15, 0.2) is 5.65 Å². The number of ether oxygens (including phenoxy) is 1. The summed E-state index contributed by atoms with van der Waals surface area (Å²) in [6, 6.07) is 1.42. The van der Waals surface area contributed by atoms with Crippen molar-refractivity contribution in [1.82, 2.24) is 39.2 Å². The van der Waals surface area contributed by atoms with Gasteiger partial charge in [-0.15, -0.1) is 0 Å². The van der Waals surface area contributed by atoms with Gasteiger partial charge < -0.3 is 14.2 Å². The van der Waals surface area contributed by atoms with Crippen molar-refractivity contribution in [2.75, 3.05) is 13.1 Å². The maximum absolute atomic E-state index is 14.0. The monoisotopic (exact) mass is 554 g/mol. The highest BCUT2D eigenvalue weighted by Crippen LogP contribution is 2.27. The van der Waals surface area contributed by atoms with Crippen LogP contribution in [0, 0.1) is 25.6 Å². The molecule has 0 aliphatic carbocycles. The molecule has 1 aliphatic rings. The zero-order valence-corrected chi connectivity index (χ0v) is 24.0. The second-order valence-electron chi connectivity index (χ2n) is 10.9. The first-order chi connectivity index (χ1) is 18.1. The number of nitrogens with zero attached hydrogens (tertiary/aromatic N) is 8. The van der Waals surface area contributed by atoms with Crippen molar-refractivity contribution in [1.29, 1.82) is 0 Å². The lowest BCUT2D eigenvalue weighted by molar-refractivity contribution is 0.0155. The van der Waals surface area contributed by atoms with Gasteiger partial charge in [-0.25, -0.2) is 24.1 Å². The lowest BCUT2D eigenvalue weighted by Crippen LogP contribution is -2.43. The Morgan fingerprint density at radius 2 is 1.95 bits per heavy atom. The number of fused-ring (bicyclic) bond motifs is 1. The van der Waals surface area contributed by atoms with Gasteiger partial charge in [0.05, 0.1) is 24.6 Å². The predicted molar refractivity (Wildman–Crippen MR) is 150 cm³/mol. The summed E-state index contributed by atoms with van der Waals surface area (Å²) in [5.74, 6) is 1.07. The van der Waals surface area contributed by atoms with Crippen LogP contribution in [0.15, 0.2) is 30.9 Å². The molecule has 0 aromatic carbocycles. The number of likely N-dealkylation sites (tertiary alicyclic amines) is 1.